The maximum atomic E-state index is 12.1. The lowest BCUT2D eigenvalue weighted by molar-refractivity contribution is -0.148. The number of carbonyl (C=O) groups is 1. The van der Waals surface area contributed by atoms with E-state index in [0.717, 1.165) is 25.2 Å². The van der Waals surface area contributed by atoms with Gasteiger partial charge in [0.1, 0.15) is 0 Å². The lowest BCUT2D eigenvalue weighted by Gasteiger charge is -2.23. The van der Waals surface area contributed by atoms with Crippen molar-refractivity contribution in [1.29, 1.82) is 0 Å². The molecule has 0 saturated carbocycles. The van der Waals surface area contributed by atoms with Crippen LogP contribution in [0.4, 0.5) is 18.9 Å². The third-order valence-electron chi connectivity index (χ3n) is 3.99. The molecule has 122 valence electrons. The van der Waals surface area contributed by atoms with Crippen LogP contribution in [0.5, 0.6) is 0 Å². The Morgan fingerprint density at radius 1 is 1.32 bits per heavy atom. The quantitative estimate of drug-likeness (QED) is 0.832. The van der Waals surface area contributed by atoms with Gasteiger partial charge in [0, 0.05) is 38.8 Å². The summed E-state index contributed by atoms with van der Waals surface area (Å²) in [5.41, 5.74) is 1.15. The van der Waals surface area contributed by atoms with Crippen molar-refractivity contribution < 1.29 is 18.0 Å². The molecule has 1 atom stereocenters. The summed E-state index contributed by atoms with van der Waals surface area (Å²) in [6.45, 7) is 2.26. The molecule has 0 unspecified atom stereocenters. The van der Waals surface area contributed by atoms with Crippen molar-refractivity contribution in [1.82, 2.24) is 4.90 Å². The van der Waals surface area contributed by atoms with Gasteiger partial charge in [-0.15, -0.1) is 0 Å². The van der Waals surface area contributed by atoms with E-state index in [1.54, 1.807) is 7.05 Å². The number of rotatable bonds is 5. The molecular weight excluding hydrogens is 293 g/mol. The van der Waals surface area contributed by atoms with Crippen molar-refractivity contribution in [2.24, 2.45) is 5.92 Å². The van der Waals surface area contributed by atoms with Gasteiger partial charge in [0.2, 0.25) is 5.91 Å². The van der Waals surface area contributed by atoms with Crippen molar-refractivity contribution in [3.05, 3.63) is 30.3 Å². The summed E-state index contributed by atoms with van der Waals surface area (Å²) in [4.78, 5) is 15.4. The van der Waals surface area contributed by atoms with Crippen molar-refractivity contribution in [2.75, 3.05) is 31.6 Å². The minimum Gasteiger partial charge on any atom is -0.371 e. The van der Waals surface area contributed by atoms with Gasteiger partial charge in [0.25, 0.3) is 0 Å². The molecule has 6 heteroatoms. The van der Waals surface area contributed by atoms with E-state index in [-0.39, 0.29) is 0 Å². The summed E-state index contributed by atoms with van der Waals surface area (Å²) in [6.07, 6.45) is -4.83. The summed E-state index contributed by atoms with van der Waals surface area (Å²) in [5, 5.41) is 0. The topological polar surface area (TPSA) is 23.6 Å². The number of benzene rings is 1. The van der Waals surface area contributed by atoms with E-state index in [4.69, 9.17) is 0 Å². The van der Waals surface area contributed by atoms with Crippen LogP contribution in [-0.4, -0.2) is 43.7 Å². The summed E-state index contributed by atoms with van der Waals surface area (Å²) < 4.78 is 36.4. The van der Waals surface area contributed by atoms with Gasteiger partial charge in [-0.1, -0.05) is 18.2 Å². The molecule has 0 N–H and O–H groups in total. The third-order valence-corrected chi connectivity index (χ3v) is 3.99. The molecule has 1 fully saturated rings. The summed E-state index contributed by atoms with van der Waals surface area (Å²) >= 11 is 0. The molecule has 0 spiro atoms. The molecule has 3 nitrogen and oxygen atoms in total. The molecule has 1 heterocycles. The Kier molecular flexibility index (Phi) is 5.32. The number of anilines is 1. The second-order valence-electron chi connectivity index (χ2n) is 5.83. The van der Waals surface area contributed by atoms with E-state index in [1.807, 2.05) is 30.3 Å². The maximum Gasteiger partial charge on any atom is 0.389 e. The highest BCUT2D eigenvalue weighted by Crippen LogP contribution is 2.25. The highest BCUT2D eigenvalue weighted by molar-refractivity contribution is 5.75. The van der Waals surface area contributed by atoms with Crippen LogP contribution in [0.2, 0.25) is 0 Å². The molecule has 1 aromatic carbocycles. The van der Waals surface area contributed by atoms with Crippen LogP contribution in [0.15, 0.2) is 30.3 Å². The van der Waals surface area contributed by atoms with Crippen LogP contribution < -0.4 is 4.90 Å². The molecule has 2 rings (SSSR count). The lowest BCUT2D eigenvalue weighted by Crippen LogP contribution is -2.33. The zero-order valence-corrected chi connectivity index (χ0v) is 12.6. The minimum absolute atomic E-state index is 0.306. The molecule has 0 aliphatic carbocycles. The average molecular weight is 314 g/mol. The highest BCUT2D eigenvalue weighted by atomic mass is 19.4. The van der Waals surface area contributed by atoms with Crippen molar-refractivity contribution in [2.45, 2.75) is 25.4 Å². The minimum atomic E-state index is -4.27. The molecule has 22 heavy (non-hydrogen) atoms. The van der Waals surface area contributed by atoms with Gasteiger partial charge in [0.15, 0.2) is 0 Å². The lowest BCUT2D eigenvalue weighted by atomic mass is 10.1. The number of carbonyl (C=O) groups excluding carboxylic acids is 1. The molecule has 0 aromatic heterocycles. The number of nitrogens with zero attached hydrogens (tertiary/aromatic N) is 2. The predicted octanol–water partition coefficient (Wildman–Crippen LogP) is 3.31. The third kappa shape index (κ3) is 4.93. The normalized spacial score (nSPS) is 18.5. The van der Waals surface area contributed by atoms with Gasteiger partial charge in [-0.05, 0) is 24.5 Å². The fourth-order valence-corrected chi connectivity index (χ4v) is 2.78. The molecule has 1 aliphatic heterocycles. The number of halogens is 3. The fourth-order valence-electron chi connectivity index (χ4n) is 2.78. The Labute approximate surface area is 128 Å². The van der Waals surface area contributed by atoms with Gasteiger partial charge in [-0.3, -0.25) is 4.79 Å². The molecule has 1 aliphatic rings. The SMILES string of the molecule is CN(C[C@@H]1CCN(c2ccccc2)C1)C(=O)CCC(F)(F)F. The van der Waals surface area contributed by atoms with Crippen LogP contribution in [-0.2, 0) is 4.79 Å². The molecule has 0 bridgehead atoms. The Morgan fingerprint density at radius 3 is 2.64 bits per heavy atom. The number of amides is 1. The van der Waals surface area contributed by atoms with Gasteiger partial charge < -0.3 is 9.80 Å². The number of hydrogen-bond donors (Lipinski definition) is 0. The van der Waals surface area contributed by atoms with Crippen molar-refractivity contribution in [3.63, 3.8) is 0 Å². The van der Waals surface area contributed by atoms with E-state index in [1.165, 1.54) is 4.90 Å². The van der Waals surface area contributed by atoms with E-state index in [2.05, 4.69) is 4.90 Å². The molecular formula is C16H21F3N2O. The summed E-state index contributed by atoms with van der Waals surface area (Å²) in [5.74, 6) is -0.129. The van der Waals surface area contributed by atoms with Crippen LogP contribution in [0.25, 0.3) is 0 Å². The number of hydrogen-bond acceptors (Lipinski definition) is 2. The molecule has 0 radical (unpaired) electrons. The molecule has 1 aromatic rings. The predicted molar refractivity (Wildman–Crippen MR) is 79.7 cm³/mol. The monoisotopic (exact) mass is 314 g/mol. The van der Waals surface area contributed by atoms with Gasteiger partial charge in [-0.25, -0.2) is 0 Å². The van der Waals surface area contributed by atoms with E-state index in [9.17, 15) is 18.0 Å². The number of para-hydroxylation sites is 1. The molecule has 1 saturated heterocycles. The largest absolute Gasteiger partial charge is 0.389 e. The number of alkyl halides is 3. The Hall–Kier alpha value is -1.72. The van der Waals surface area contributed by atoms with Gasteiger partial charge in [-0.2, -0.15) is 13.2 Å². The first-order valence-electron chi connectivity index (χ1n) is 7.46. The summed E-state index contributed by atoms with van der Waals surface area (Å²) in [6, 6.07) is 10.0. The van der Waals surface area contributed by atoms with Gasteiger partial charge >= 0.3 is 6.18 Å². The second-order valence-corrected chi connectivity index (χ2v) is 5.83. The average Bonchev–Trinajstić information content (AvgIpc) is 2.93. The standard InChI is InChI=1S/C16H21F3N2O/c1-20(15(22)7-9-16(17,18)19)11-13-8-10-21(12-13)14-5-3-2-4-6-14/h2-6,13H,7-12H2,1H3/t13-/m0/s1. The Bertz CT molecular complexity index is 490. The molecule has 1 amide bonds. The van der Waals surface area contributed by atoms with E-state index < -0.39 is 24.9 Å². The van der Waals surface area contributed by atoms with Crippen LogP contribution in [0.3, 0.4) is 0 Å². The second kappa shape index (κ2) is 7.03. The first kappa shape index (κ1) is 16.6. The fraction of sp³-hybridized carbons (Fsp3) is 0.562. The van der Waals surface area contributed by atoms with Crippen LogP contribution in [0, 0.1) is 5.92 Å². The highest BCUT2D eigenvalue weighted by Gasteiger charge is 2.30. The first-order valence-corrected chi connectivity index (χ1v) is 7.46. The van der Waals surface area contributed by atoms with Crippen molar-refractivity contribution >= 4 is 11.6 Å². The van der Waals surface area contributed by atoms with E-state index >= 15 is 0 Å². The maximum absolute atomic E-state index is 12.1. The van der Waals surface area contributed by atoms with Gasteiger partial charge in [0.05, 0.1) is 6.42 Å². The van der Waals surface area contributed by atoms with Crippen LogP contribution >= 0.6 is 0 Å². The summed E-state index contributed by atoms with van der Waals surface area (Å²) in [7, 11) is 1.59. The van der Waals surface area contributed by atoms with E-state index in [0.29, 0.717) is 12.5 Å². The van der Waals surface area contributed by atoms with Crippen molar-refractivity contribution in [3.8, 4) is 0 Å². The Balaban J connectivity index is 1.78. The smallest absolute Gasteiger partial charge is 0.371 e. The van der Waals surface area contributed by atoms with Crippen LogP contribution in [0.1, 0.15) is 19.3 Å². The Morgan fingerprint density at radius 2 is 2.00 bits per heavy atom. The first-order chi connectivity index (χ1) is 10.3. The zero-order chi connectivity index (χ0) is 16.2. The zero-order valence-electron chi connectivity index (χ0n) is 12.6.